The molecule has 4 heteroatoms. The van der Waals surface area contributed by atoms with Crippen LogP contribution in [0.4, 0.5) is 5.82 Å². The molecule has 2 aromatic rings. The lowest BCUT2D eigenvalue weighted by Gasteiger charge is -2.33. The molecule has 124 valence electrons. The maximum atomic E-state index is 10.8. The zero-order chi connectivity index (χ0) is 17.0. The van der Waals surface area contributed by atoms with Crippen molar-refractivity contribution in [2.45, 2.75) is 44.2 Å². The smallest absolute Gasteiger partial charge is 0.127 e. The van der Waals surface area contributed by atoms with Crippen LogP contribution >= 0.6 is 11.6 Å². The molecule has 0 aliphatic heterocycles. The van der Waals surface area contributed by atoms with E-state index >= 15 is 0 Å². The first-order valence-electron chi connectivity index (χ1n) is 8.23. The predicted molar refractivity (Wildman–Crippen MR) is 98.1 cm³/mol. The number of benzene rings is 1. The lowest BCUT2D eigenvalue weighted by Crippen LogP contribution is -2.39. The number of hydrogen-bond acceptors (Lipinski definition) is 3. The number of nitrogens with zero attached hydrogens (tertiary/aromatic N) is 1. The summed E-state index contributed by atoms with van der Waals surface area (Å²) in [5.74, 6) is 6.96. The molecule has 1 saturated carbocycles. The Morgan fingerprint density at radius 3 is 2.96 bits per heavy atom. The lowest BCUT2D eigenvalue weighted by atomic mass is 9.82. The van der Waals surface area contributed by atoms with Crippen LogP contribution < -0.4 is 5.32 Å². The molecule has 3 rings (SSSR count). The fourth-order valence-electron chi connectivity index (χ4n) is 3.01. The van der Waals surface area contributed by atoms with Crippen LogP contribution in [-0.4, -0.2) is 21.7 Å². The van der Waals surface area contributed by atoms with E-state index in [0.29, 0.717) is 17.9 Å². The number of aromatic nitrogens is 1. The third-order valence-electron chi connectivity index (χ3n) is 4.25. The lowest BCUT2D eigenvalue weighted by molar-refractivity contribution is 0.0561. The maximum absolute atomic E-state index is 10.8. The van der Waals surface area contributed by atoms with Crippen molar-refractivity contribution in [2.24, 2.45) is 0 Å². The second-order valence-corrected chi connectivity index (χ2v) is 6.89. The van der Waals surface area contributed by atoms with Crippen LogP contribution in [0.5, 0.6) is 0 Å². The van der Waals surface area contributed by atoms with Crippen LogP contribution in [-0.2, 0) is 0 Å². The van der Waals surface area contributed by atoms with E-state index in [4.69, 9.17) is 11.6 Å². The van der Waals surface area contributed by atoms with Crippen LogP contribution in [0.1, 0.15) is 36.8 Å². The summed E-state index contributed by atoms with van der Waals surface area (Å²) in [6.07, 6.45) is 5.08. The summed E-state index contributed by atoms with van der Waals surface area (Å²) in [7, 11) is 0. The molecule has 0 saturated heterocycles. The van der Waals surface area contributed by atoms with Crippen molar-refractivity contribution in [2.75, 3.05) is 5.32 Å². The molecule has 1 fully saturated rings. The van der Waals surface area contributed by atoms with Gasteiger partial charge in [-0.25, -0.2) is 4.98 Å². The van der Waals surface area contributed by atoms with Gasteiger partial charge in [-0.15, -0.1) is 0 Å². The molecule has 0 spiro atoms. The Kier molecular flexibility index (Phi) is 5.08. The van der Waals surface area contributed by atoms with Crippen molar-refractivity contribution in [3.8, 4) is 11.8 Å². The van der Waals surface area contributed by atoms with E-state index in [1.165, 1.54) is 0 Å². The molecule has 1 aliphatic carbocycles. The van der Waals surface area contributed by atoms with Gasteiger partial charge in [0.2, 0.25) is 0 Å². The maximum Gasteiger partial charge on any atom is 0.127 e. The molecule has 0 radical (unpaired) electrons. The van der Waals surface area contributed by atoms with Gasteiger partial charge in [-0.05, 0) is 56.0 Å². The minimum Gasteiger partial charge on any atom is -0.378 e. The summed E-state index contributed by atoms with van der Waals surface area (Å²) < 4.78 is 0. The highest BCUT2D eigenvalue weighted by atomic mass is 35.5. The predicted octanol–water partition coefficient (Wildman–Crippen LogP) is 4.18. The van der Waals surface area contributed by atoms with Crippen LogP contribution in [0.3, 0.4) is 0 Å². The minimum absolute atomic E-state index is 0.174. The number of nitrogens with one attached hydrogen (secondary N) is 1. The van der Waals surface area contributed by atoms with Gasteiger partial charge in [-0.1, -0.05) is 35.6 Å². The normalized spacial score (nSPS) is 23.2. The molecule has 2 atom stereocenters. The molecule has 1 heterocycles. The molecule has 1 aliphatic rings. The number of pyridine rings is 1. The highest BCUT2D eigenvalue weighted by molar-refractivity contribution is 6.30. The second-order valence-electron chi connectivity index (χ2n) is 6.45. The average Bonchev–Trinajstić information content (AvgIpc) is 2.56. The quantitative estimate of drug-likeness (QED) is 0.806. The highest BCUT2D eigenvalue weighted by Gasteiger charge is 2.32. The highest BCUT2D eigenvalue weighted by Crippen LogP contribution is 2.29. The Morgan fingerprint density at radius 1 is 1.33 bits per heavy atom. The van der Waals surface area contributed by atoms with E-state index in [-0.39, 0.29) is 6.04 Å². The van der Waals surface area contributed by atoms with E-state index in [9.17, 15) is 5.11 Å². The van der Waals surface area contributed by atoms with Gasteiger partial charge in [0.15, 0.2) is 0 Å². The summed E-state index contributed by atoms with van der Waals surface area (Å²) in [4.78, 5) is 4.38. The monoisotopic (exact) mass is 340 g/mol. The number of anilines is 1. The molecule has 0 unspecified atom stereocenters. The van der Waals surface area contributed by atoms with Gasteiger partial charge in [-0.2, -0.15) is 0 Å². The third kappa shape index (κ3) is 4.50. The average molecular weight is 341 g/mol. The van der Waals surface area contributed by atoms with Crippen molar-refractivity contribution in [1.82, 2.24) is 4.98 Å². The van der Waals surface area contributed by atoms with E-state index in [1.807, 2.05) is 49.5 Å². The van der Waals surface area contributed by atoms with Crippen molar-refractivity contribution in [3.63, 3.8) is 0 Å². The number of aliphatic hydroxyl groups is 1. The summed E-state index contributed by atoms with van der Waals surface area (Å²) >= 11 is 5.98. The first kappa shape index (κ1) is 16.8. The van der Waals surface area contributed by atoms with Gasteiger partial charge in [0, 0.05) is 29.2 Å². The Balaban J connectivity index is 1.69. The Morgan fingerprint density at radius 2 is 2.21 bits per heavy atom. The van der Waals surface area contributed by atoms with Crippen molar-refractivity contribution in [3.05, 3.63) is 58.7 Å². The standard InChI is InChI=1S/C20H21ClN2O/c1-15-7-8-19(22-14-15)23-18-6-3-10-20(24,13-18)11-9-16-4-2-5-17(21)12-16/h2,4-5,7-8,12,14,18,24H,3,6,10,13H2,1H3,(H,22,23)/t18-,20+/m1/s1. The Hall–Kier alpha value is -2.02. The Labute approximate surface area is 148 Å². The van der Waals surface area contributed by atoms with Gasteiger partial charge < -0.3 is 10.4 Å². The SMILES string of the molecule is Cc1ccc(N[C@@H]2CCC[C@](O)(C#Cc3cccc(Cl)c3)C2)nc1. The number of halogens is 1. The topological polar surface area (TPSA) is 45.1 Å². The van der Waals surface area contributed by atoms with Crippen molar-refractivity contribution >= 4 is 17.4 Å². The number of aryl methyl sites for hydroxylation is 1. The van der Waals surface area contributed by atoms with E-state index < -0.39 is 5.60 Å². The zero-order valence-corrected chi connectivity index (χ0v) is 14.5. The van der Waals surface area contributed by atoms with Crippen LogP contribution in [0, 0.1) is 18.8 Å². The molecule has 1 aromatic carbocycles. The van der Waals surface area contributed by atoms with E-state index in [2.05, 4.69) is 22.1 Å². The first-order valence-corrected chi connectivity index (χ1v) is 8.61. The molecule has 1 aromatic heterocycles. The van der Waals surface area contributed by atoms with Gasteiger partial charge in [0.25, 0.3) is 0 Å². The fourth-order valence-corrected chi connectivity index (χ4v) is 3.20. The minimum atomic E-state index is -0.969. The van der Waals surface area contributed by atoms with Gasteiger partial charge in [-0.3, -0.25) is 0 Å². The molecule has 0 bridgehead atoms. The van der Waals surface area contributed by atoms with E-state index in [1.54, 1.807) is 0 Å². The summed E-state index contributed by atoms with van der Waals surface area (Å²) in [6, 6.07) is 11.6. The molecule has 2 N–H and O–H groups in total. The molecule has 3 nitrogen and oxygen atoms in total. The van der Waals surface area contributed by atoms with Gasteiger partial charge in [0.05, 0.1) is 0 Å². The third-order valence-corrected chi connectivity index (χ3v) is 4.49. The van der Waals surface area contributed by atoms with Crippen LogP contribution in [0.15, 0.2) is 42.6 Å². The molecule has 0 amide bonds. The largest absolute Gasteiger partial charge is 0.378 e. The van der Waals surface area contributed by atoms with Gasteiger partial charge in [0.1, 0.15) is 11.4 Å². The number of hydrogen-bond donors (Lipinski definition) is 2. The molecular weight excluding hydrogens is 320 g/mol. The second kappa shape index (κ2) is 7.25. The summed E-state index contributed by atoms with van der Waals surface area (Å²) in [6.45, 7) is 2.02. The van der Waals surface area contributed by atoms with Crippen LogP contribution in [0.25, 0.3) is 0 Å². The molecule has 24 heavy (non-hydrogen) atoms. The summed E-state index contributed by atoms with van der Waals surface area (Å²) in [5.41, 5.74) is 0.988. The number of rotatable bonds is 2. The summed E-state index contributed by atoms with van der Waals surface area (Å²) in [5, 5.41) is 14.9. The Bertz CT molecular complexity index is 763. The van der Waals surface area contributed by atoms with Gasteiger partial charge >= 0.3 is 0 Å². The molecular formula is C20H21ClN2O. The van der Waals surface area contributed by atoms with Crippen LogP contribution in [0.2, 0.25) is 5.02 Å². The van der Waals surface area contributed by atoms with Crippen molar-refractivity contribution < 1.29 is 5.11 Å². The van der Waals surface area contributed by atoms with E-state index in [0.717, 1.165) is 29.8 Å². The zero-order valence-electron chi connectivity index (χ0n) is 13.7. The fraction of sp³-hybridized carbons (Fsp3) is 0.350. The first-order chi connectivity index (χ1) is 11.5. The van der Waals surface area contributed by atoms with Crippen molar-refractivity contribution in [1.29, 1.82) is 0 Å².